The number of benzene rings is 2. The fourth-order valence-corrected chi connectivity index (χ4v) is 4.41. The molecule has 0 bridgehead atoms. The maximum absolute atomic E-state index is 14.3. The van der Waals surface area contributed by atoms with Gasteiger partial charge in [0.15, 0.2) is 5.82 Å². The first-order valence-electron chi connectivity index (χ1n) is 10.1. The van der Waals surface area contributed by atoms with Gasteiger partial charge in [-0.2, -0.15) is 13.2 Å². The first-order valence-corrected chi connectivity index (χ1v) is 10.8. The van der Waals surface area contributed by atoms with Gasteiger partial charge in [-0.05, 0) is 12.1 Å². The van der Waals surface area contributed by atoms with Gasteiger partial charge in [-0.3, -0.25) is 4.79 Å². The molecule has 0 saturated carbocycles. The fraction of sp³-hybridized carbons (Fsp3) is 0.364. The van der Waals surface area contributed by atoms with E-state index < -0.39 is 39.6 Å². The summed E-state index contributed by atoms with van der Waals surface area (Å²) < 4.78 is 62.3. The molecule has 5 nitrogen and oxygen atoms in total. The minimum Gasteiger partial charge on any atom is -0.493 e. The van der Waals surface area contributed by atoms with E-state index in [2.05, 4.69) is 10.5 Å². The number of amides is 1. The van der Waals surface area contributed by atoms with E-state index in [1.165, 1.54) is 0 Å². The van der Waals surface area contributed by atoms with Crippen molar-refractivity contribution in [1.82, 2.24) is 5.32 Å². The van der Waals surface area contributed by atoms with Gasteiger partial charge in [0, 0.05) is 48.1 Å². The van der Waals surface area contributed by atoms with Crippen molar-refractivity contribution in [1.29, 1.82) is 0 Å². The number of carbonyl (C=O) groups is 1. The summed E-state index contributed by atoms with van der Waals surface area (Å²) in [5.41, 5.74) is -1.39. The molecule has 0 spiro atoms. The minimum absolute atomic E-state index is 0.0646. The summed E-state index contributed by atoms with van der Waals surface area (Å²) in [6, 6.07) is 5.01. The molecular weight excluding hydrogens is 487 g/mol. The number of hydrogen-bond donors (Lipinski definition) is 1. The molecule has 2 aromatic carbocycles. The van der Waals surface area contributed by atoms with Gasteiger partial charge in [0.2, 0.25) is 5.91 Å². The lowest BCUT2D eigenvalue weighted by molar-refractivity contribution is -0.275. The number of hydrogen-bond acceptors (Lipinski definition) is 4. The zero-order valence-electron chi connectivity index (χ0n) is 17.3. The summed E-state index contributed by atoms with van der Waals surface area (Å²) in [6.07, 6.45) is -4.77. The zero-order valence-corrected chi connectivity index (χ0v) is 18.8. The fourth-order valence-electron chi connectivity index (χ4n) is 3.92. The average Bonchev–Trinajstić information content (AvgIpc) is 3.43. The molecule has 1 atom stereocenters. The normalized spacial score (nSPS) is 19.5. The second kappa shape index (κ2) is 8.68. The Bertz CT molecular complexity index is 1130. The van der Waals surface area contributed by atoms with Crippen LogP contribution in [0.25, 0.3) is 0 Å². The summed E-state index contributed by atoms with van der Waals surface area (Å²) in [5.74, 6) is -0.630. The van der Waals surface area contributed by atoms with Crippen molar-refractivity contribution < 1.29 is 31.9 Å². The second-order valence-corrected chi connectivity index (χ2v) is 8.51. The summed E-state index contributed by atoms with van der Waals surface area (Å²) in [6.45, 7) is 2.31. The van der Waals surface area contributed by atoms with E-state index in [9.17, 15) is 22.4 Å². The number of rotatable bonds is 5. The molecule has 0 saturated heterocycles. The van der Waals surface area contributed by atoms with Gasteiger partial charge in [-0.15, -0.1) is 0 Å². The van der Waals surface area contributed by atoms with Crippen molar-refractivity contribution >= 4 is 34.8 Å². The third kappa shape index (κ3) is 4.12. The maximum atomic E-state index is 14.3. The van der Waals surface area contributed by atoms with Crippen LogP contribution in [0, 0.1) is 5.82 Å². The van der Waals surface area contributed by atoms with Crippen molar-refractivity contribution in [2.45, 2.75) is 44.5 Å². The number of halogens is 6. The smallest absolute Gasteiger partial charge is 0.435 e. The zero-order chi connectivity index (χ0) is 24.0. The predicted molar refractivity (Wildman–Crippen MR) is 114 cm³/mol. The van der Waals surface area contributed by atoms with Crippen LogP contribution < -0.4 is 10.1 Å². The van der Waals surface area contributed by atoms with Crippen molar-refractivity contribution in [2.75, 3.05) is 6.61 Å². The quantitative estimate of drug-likeness (QED) is 0.421. The monoisotopic (exact) mass is 504 g/mol. The Kier molecular flexibility index (Phi) is 6.22. The van der Waals surface area contributed by atoms with Crippen molar-refractivity contribution in [3.8, 4) is 5.75 Å². The summed E-state index contributed by atoms with van der Waals surface area (Å²) >= 11 is 11.5. The van der Waals surface area contributed by atoms with Gasteiger partial charge in [-0.1, -0.05) is 47.4 Å². The predicted octanol–water partition coefficient (Wildman–Crippen LogP) is 5.68. The average molecular weight is 505 g/mol. The minimum atomic E-state index is -4.90. The molecule has 0 radical (unpaired) electrons. The third-order valence-electron chi connectivity index (χ3n) is 5.68. The molecule has 0 unspecified atom stereocenters. The number of fused-ring (bicyclic) bond motifs is 1. The molecule has 0 fully saturated rings. The molecule has 1 amide bonds. The Morgan fingerprint density at radius 1 is 1.24 bits per heavy atom. The molecule has 33 heavy (non-hydrogen) atoms. The largest absolute Gasteiger partial charge is 0.493 e. The molecule has 11 heteroatoms. The summed E-state index contributed by atoms with van der Waals surface area (Å²) in [7, 11) is 0. The topological polar surface area (TPSA) is 59.9 Å². The van der Waals surface area contributed by atoms with Crippen LogP contribution in [0.15, 0.2) is 29.4 Å². The standard InChI is InChI=1S/C22H18Cl2F4N2O3/c1-2-18(31)29-10-11-3-4-13(14-5-6-32-20(11)14)17-9-21(33-30-17,22(26,27)28)12-7-15(23)19(25)16(24)8-12/h3-4,7-8H,2,5-6,9-10H2,1H3,(H,29,31)/t21-/m0/s1. The van der Waals surface area contributed by atoms with Gasteiger partial charge in [0.1, 0.15) is 5.75 Å². The van der Waals surface area contributed by atoms with Crippen LogP contribution in [0.3, 0.4) is 0 Å². The highest BCUT2D eigenvalue weighted by atomic mass is 35.5. The van der Waals surface area contributed by atoms with Crippen LogP contribution in [0.5, 0.6) is 5.75 Å². The van der Waals surface area contributed by atoms with Gasteiger partial charge in [-0.25, -0.2) is 4.39 Å². The molecule has 2 aromatic rings. The molecule has 0 aromatic heterocycles. The van der Waals surface area contributed by atoms with Crippen molar-refractivity contribution in [3.63, 3.8) is 0 Å². The number of nitrogens with one attached hydrogen (secondary N) is 1. The summed E-state index contributed by atoms with van der Waals surface area (Å²) in [4.78, 5) is 16.6. The van der Waals surface area contributed by atoms with Crippen LogP contribution in [0.4, 0.5) is 17.6 Å². The number of carbonyl (C=O) groups excluding carboxylic acids is 1. The highest BCUT2D eigenvalue weighted by Crippen LogP contribution is 2.50. The van der Waals surface area contributed by atoms with E-state index in [0.717, 1.165) is 12.1 Å². The molecule has 2 aliphatic rings. The van der Waals surface area contributed by atoms with Gasteiger partial charge < -0.3 is 14.9 Å². The Morgan fingerprint density at radius 3 is 2.58 bits per heavy atom. The Morgan fingerprint density at radius 2 is 1.94 bits per heavy atom. The molecule has 4 rings (SSSR count). The highest BCUT2D eigenvalue weighted by Gasteiger charge is 2.62. The number of alkyl halides is 3. The first-order chi connectivity index (χ1) is 15.6. The van der Waals surface area contributed by atoms with Crippen LogP contribution >= 0.6 is 23.2 Å². The van der Waals surface area contributed by atoms with E-state index in [-0.39, 0.29) is 18.2 Å². The van der Waals surface area contributed by atoms with Crippen LogP contribution in [-0.2, 0) is 28.2 Å². The van der Waals surface area contributed by atoms with Gasteiger partial charge in [0.25, 0.3) is 5.60 Å². The number of oxime groups is 1. The Hall–Kier alpha value is -2.52. The Labute approximate surface area is 196 Å². The molecule has 176 valence electrons. The highest BCUT2D eigenvalue weighted by molar-refractivity contribution is 6.35. The van der Waals surface area contributed by atoms with E-state index in [0.29, 0.717) is 41.9 Å². The number of nitrogens with zero attached hydrogens (tertiary/aromatic N) is 1. The SMILES string of the molecule is CCC(=O)NCc1ccc(C2=NO[C@@](c3cc(Cl)c(F)c(Cl)c3)(C(F)(F)F)C2)c2c1OCC2. The molecule has 2 aliphatic heterocycles. The van der Waals surface area contributed by atoms with Crippen LogP contribution in [-0.4, -0.2) is 24.4 Å². The van der Waals surface area contributed by atoms with Crippen molar-refractivity contribution in [3.05, 3.63) is 62.4 Å². The van der Waals surface area contributed by atoms with Crippen molar-refractivity contribution in [2.24, 2.45) is 5.16 Å². The number of ether oxygens (including phenoxy) is 1. The Balaban J connectivity index is 1.70. The van der Waals surface area contributed by atoms with E-state index >= 15 is 0 Å². The van der Waals surface area contributed by atoms with Crippen LogP contribution in [0.2, 0.25) is 10.0 Å². The summed E-state index contributed by atoms with van der Waals surface area (Å²) in [5, 5.41) is 5.43. The van der Waals surface area contributed by atoms with E-state index in [1.807, 2.05) is 0 Å². The van der Waals surface area contributed by atoms with Crippen LogP contribution in [0.1, 0.15) is 42.0 Å². The molecule has 1 N–H and O–H groups in total. The lowest BCUT2D eigenvalue weighted by atomic mass is 9.85. The third-order valence-corrected chi connectivity index (χ3v) is 6.23. The molecule has 2 heterocycles. The van der Waals surface area contributed by atoms with Gasteiger partial charge >= 0.3 is 6.18 Å². The van der Waals surface area contributed by atoms with E-state index in [4.69, 9.17) is 32.8 Å². The molecule has 0 aliphatic carbocycles. The lowest BCUT2D eigenvalue weighted by Gasteiger charge is -2.29. The molecular formula is C22H18Cl2F4N2O3. The second-order valence-electron chi connectivity index (χ2n) is 7.69. The lowest BCUT2D eigenvalue weighted by Crippen LogP contribution is -2.42. The maximum Gasteiger partial charge on any atom is 0.435 e. The van der Waals surface area contributed by atoms with E-state index in [1.54, 1.807) is 19.1 Å². The first kappa shape index (κ1) is 23.6. The van der Waals surface area contributed by atoms with Gasteiger partial charge in [0.05, 0.1) is 22.4 Å².